The van der Waals surface area contributed by atoms with Crippen molar-refractivity contribution in [3.05, 3.63) is 52.0 Å². The zero-order chi connectivity index (χ0) is 14.8. The second-order valence-corrected chi connectivity index (χ2v) is 5.82. The molecule has 20 heavy (non-hydrogen) atoms. The average molecular weight is 293 g/mol. The fourth-order valence-corrected chi connectivity index (χ4v) is 2.66. The Morgan fingerprint density at radius 3 is 2.50 bits per heavy atom. The van der Waals surface area contributed by atoms with Gasteiger partial charge in [0.2, 0.25) is 0 Å². The molecule has 3 nitrogen and oxygen atoms in total. The van der Waals surface area contributed by atoms with E-state index in [1.54, 1.807) is 23.6 Å². The van der Waals surface area contributed by atoms with Gasteiger partial charge in [0.15, 0.2) is 0 Å². The molecule has 106 valence electrons. The van der Waals surface area contributed by atoms with Gasteiger partial charge in [0, 0.05) is 0 Å². The maximum Gasteiger partial charge on any atom is 0.265 e. The molecule has 0 radical (unpaired) electrons. The molecule has 2 aromatic rings. The maximum absolute atomic E-state index is 13.0. The zero-order valence-corrected chi connectivity index (χ0v) is 12.4. The van der Waals surface area contributed by atoms with Crippen LogP contribution in [0, 0.1) is 5.82 Å². The third-order valence-corrected chi connectivity index (χ3v) is 3.94. The second-order valence-electron chi connectivity index (χ2n) is 4.90. The smallest absolute Gasteiger partial charge is 0.265 e. The number of ether oxygens (including phenoxy) is 1. The van der Waals surface area contributed by atoms with E-state index in [9.17, 15) is 9.18 Å². The van der Waals surface area contributed by atoms with Gasteiger partial charge in [-0.2, -0.15) is 0 Å². The summed E-state index contributed by atoms with van der Waals surface area (Å²) < 4.78 is 18.1. The predicted molar refractivity (Wildman–Crippen MR) is 77.8 cm³/mol. The first-order chi connectivity index (χ1) is 9.44. The lowest BCUT2D eigenvalue weighted by Crippen LogP contribution is -2.40. The van der Waals surface area contributed by atoms with Crippen molar-refractivity contribution < 1.29 is 13.9 Å². The molecule has 0 fully saturated rings. The van der Waals surface area contributed by atoms with Gasteiger partial charge in [-0.05, 0) is 43.0 Å². The van der Waals surface area contributed by atoms with E-state index < -0.39 is 5.54 Å². The topological polar surface area (TPSA) is 38.3 Å². The quantitative estimate of drug-likeness (QED) is 0.936. The molecule has 0 saturated heterocycles. The summed E-state index contributed by atoms with van der Waals surface area (Å²) in [5, 5.41) is 4.74. The molecule has 0 saturated carbocycles. The Labute approximate surface area is 121 Å². The van der Waals surface area contributed by atoms with Gasteiger partial charge in [-0.1, -0.05) is 12.1 Å². The number of rotatable bonds is 4. The Morgan fingerprint density at radius 1 is 1.25 bits per heavy atom. The van der Waals surface area contributed by atoms with Crippen LogP contribution in [0.1, 0.15) is 29.1 Å². The Balaban J connectivity index is 2.19. The van der Waals surface area contributed by atoms with Crippen LogP contribution >= 0.6 is 11.3 Å². The Hall–Kier alpha value is -1.88. The van der Waals surface area contributed by atoms with Crippen molar-refractivity contribution in [1.29, 1.82) is 0 Å². The summed E-state index contributed by atoms with van der Waals surface area (Å²) in [6.07, 6.45) is 0. The van der Waals surface area contributed by atoms with Crippen LogP contribution in [-0.4, -0.2) is 13.0 Å². The van der Waals surface area contributed by atoms with E-state index in [0.29, 0.717) is 10.6 Å². The number of hydrogen-bond donors (Lipinski definition) is 1. The number of halogens is 1. The van der Waals surface area contributed by atoms with Crippen molar-refractivity contribution in [2.45, 2.75) is 19.4 Å². The molecule has 0 atom stereocenters. The van der Waals surface area contributed by atoms with Crippen molar-refractivity contribution in [2.75, 3.05) is 7.11 Å². The lowest BCUT2D eigenvalue weighted by molar-refractivity contribution is 0.0913. The molecule has 1 amide bonds. The number of methoxy groups -OCH3 is 1. The highest BCUT2D eigenvalue weighted by atomic mass is 32.1. The highest BCUT2D eigenvalue weighted by Crippen LogP contribution is 2.27. The van der Waals surface area contributed by atoms with Crippen molar-refractivity contribution in [3.8, 4) is 5.75 Å². The van der Waals surface area contributed by atoms with E-state index in [1.807, 2.05) is 13.8 Å². The highest BCUT2D eigenvalue weighted by Gasteiger charge is 2.25. The van der Waals surface area contributed by atoms with Gasteiger partial charge in [0.05, 0.1) is 12.6 Å². The fourth-order valence-electron chi connectivity index (χ4n) is 1.90. The summed E-state index contributed by atoms with van der Waals surface area (Å²) in [5.41, 5.74) is 0.238. The number of hydrogen-bond acceptors (Lipinski definition) is 3. The van der Waals surface area contributed by atoms with Gasteiger partial charge in [-0.3, -0.25) is 4.79 Å². The van der Waals surface area contributed by atoms with Gasteiger partial charge in [-0.25, -0.2) is 4.39 Å². The number of carbonyl (C=O) groups excluding carboxylic acids is 1. The van der Waals surface area contributed by atoms with Crippen molar-refractivity contribution >= 4 is 17.2 Å². The third-order valence-electron chi connectivity index (χ3n) is 3.05. The molecule has 5 heteroatoms. The monoisotopic (exact) mass is 293 g/mol. The molecular weight excluding hydrogens is 277 g/mol. The van der Waals surface area contributed by atoms with E-state index >= 15 is 0 Å². The minimum Gasteiger partial charge on any atom is -0.495 e. The normalized spacial score (nSPS) is 11.2. The summed E-state index contributed by atoms with van der Waals surface area (Å²) in [5.74, 6) is 0.0596. The van der Waals surface area contributed by atoms with Crippen LogP contribution in [0.4, 0.5) is 4.39 Å². The Morgan fingerprint density at radius 2 is 1.90 bits per heavy atom. The van der Waals surface area contributed by atoms with E-state index in [4.69, 9.17) is 4.74 Å². The average Bonchev–Trinajstić information content (AvgIpc) is 2.87. The summed E-state index contributed by atoms with van der Waals surface area (Å²) >= 11 is 1.32. The maximum atomic E-state index is 13.0. The molecule has 1 heterocycles. The summed E-state index contributed by atoms with van der Waals surface area (Å²) in [4.78, 5) is 12.8. The van der Waals surface area contributed by atoms with Crippen LogP contribution in [0.15, 0.2) is 35.7 Å². The lowest BCUT2D eigenvalue weighted by Gasteiger charge is -2.26. The number of thiophene rings is 1. The molecule has 0 bridgehead atoms. The Kier molecular flexibility index (Phi) is 4.09. The molecule has 2 rings (SSSR count). The van der Waals surface area contributed by atoms with Crippen LogP contribution in [0.2, 0.25) is 0 Å². The Bertz CT molecular complexity index is 605. The van der Waals surface area contributed by atoms with E-state index in [1.165, 1.54) is 30.6 Å². The third kappa shape index (κ3) is 2.99. The first-order valence-electron chi connectivity index (χ1n) is 6.14. The van der Waals surface area contributed by atoms with E-state index in [0.717, 1.165) is 5.56 Å². The van der Waals surface area contributed by atoms with Crippen LogP contribution in [0.5, 0.6) is 5.75 Å². The standard InChI is InChI=1S/C15H16FNO2S/c1-15(2,10-4-6-11(16)7-5-10)17-14(18)13-12(19-3)8-9-20-13/h4-9H,1-3H3,(H,17,18). The van der Waals surface area contributed by atoms with Crippen LogP contribution in [-0.2, 0) is 5.54 Å². The molecule has 0 aliphatic rings. The van der Waals surface area contributed by atoms with Gasteiger partial charge >= 0.3 is 0 Å². The molecule has 1 N–H and O–H groups in total. The zero-order valence-electron chi connectivity index (χ0n) is 11.6. The molecule has 0 spiro atoms. The number of nitrogens with one attached hydrogen (secondary N) is 1. The summed E-state index contributed by atoms with van der Waals surface area (Å²) in [6, 6.07) is 7.86. The number of amides is 1. The van der Waals surface area contributed by atoms with Crippen molar-refractivity contribution in [2.24, 2.45) is 0 Å². The van der Waals surface area contributed by atoms with Crippen LogP contribution < -0.4 is 10.1 Å². The first-order valence-corrected chi connectivity index (χ1v) is 7.02. The van der Waals surface area contributed by atoms with E-state index in [-0.39, 0.29) is 11.7 Å². The minimum atomic E-state index is -0.597. The van der Waals surface area contributed by atoms with Gasteiger partial charge in [-0.15, -0.1) is 11.3 Å². The first kappa shape index (κ1) is 14.5. The molecular formula is C15H16FNO2S. The summed E-state index contributed by atoms with van der Waals surface area (Å²) in [6.45, 7) is 3.75. The number of benzene rings is 1. The number of carbonyl (C=O) groups is 1. The SMILES string of the molecule is COc1ccsc1C(=O)NC(C)(C)c1ccc(F)cc1. The fraction of sp³-hybridized carbons (Fsp3) is 0.267. The molecule has 0 aliphatic heterocycles. The van der Waals surface area contributed by atoms with Crippen molar-refractivity contribution in [3.63, 3.8) is 0 Å². The summed E-state index contributed by atoms with van der Waals surface area (Å²) in [7, 11) is 1.53. The van der Waals surface area contributed by atoms with Crippen molar-refractivity contribution in [1.82, 2.24) is 5.32 Å². The minimum absolute atomic E-state index is 0.203. The second kappa shape index (κ2) is 5.63. The molecule has 1 aromatic carbocycles. The van der Waals surface area contributed by atoms with Gasteiger partial charge < -0.3 is 10.1 Å². The highest BCUT2D eigenvalue weighted by molar-refractivity contribution is 7.12. The predicted octanol–water partition coefficient (Wildman–Crippen LogP) is 3.56. The largest absolute Gasteiger partial charge is 0.495 e. The van der Waals surface area contributed by atoms with Gasteiger partial charge in [0.25, 0.3) is 5.91 Å². The van der Waals surface area contributed by atoms with Crippen LogP contribution in [0.25, 0.3) is 0 Å². The van der Waals surface area contributed by atoms with E-state index in [2.05, 4.69) is 5.32 Å². The van der Waals surface area contributed by atoms with Gasteiger partial charge in [0.1, 0.15) is 16.4 Å². The molecule has 0 aliphatic carbocycles. The lowest BCUT2D eigenvalue weighted by atomic mass is 9.94. The molecule has 0 unspecified atom stereocenters. The van der Waals surface area contributed by atoms with Crippen LogP contribution in [0.3, 0.4) is 0 Å². The molecule has 1 aromatic heterocycles.